The summed E-state index contributed by atoms with van der Waals surface area (Å²) in [7, 11) is 0. The van der Waals surface area contributed by atoms with Crippen molar-refractivity contribution in [3.63, 3.8) is 0 Å². The normalized spacial score (nSPS) is 10.8. The van der Waals surface area contributed by atoms with Crippen molar-refractivity contribution in [1.29, 1.82) is 0 Å². The van der Waals surface area contributed by atoms with Gasteiger partial charge in [-0.05, 0) is 18.4 Å². The minimum Gasteiger partial charge on any atom is -0.0837 e. The van der Waals surface area contributed by atoms with Gasteiger partial charge in [0, 0.05) is 0 Å². The Morgan fingerprint density at radius 3 is 2.58 bits per heavy atom. The van der Waals surface area contributed by atoms with E-state index in [0.29, 0.717) is 0 Å². The first-order valence-electron chi connectivity index (χ1n) is 4.46. The lowest BCUT2D eigenvalue weighted by Gasteiger charge is -1.91. The second-order valence-corrected chi connectivity index (χ2v) is 2.75. The van der Waals surface area contributed by atoms with Crippen LogP contribution in [-0.4, -0.2) is 0 Å². The summed E-state index contributed by atoms with van der Waals surface area (Å²) < 4.78 is 0. The van der Waals surface area contributed by atoms with Crippen molar-refractivity contribution >= 4 is 6.08 Å². The topological polar surface area (TPSA) is 0 Å². The Bertz CT molecular complexity index is 221. The Morgan fingerprint density at radius 2 is 1.92 bits per heavy atom. The fraction of sp³-hybridized carbons (Fsp3) is 0.250. The lowest BCUT2D eigenvalue weighted by molar-refractivity contribution is 1.03. The lowest BCUT2D eigenvalue weighted by Crippen LogP contribution is -1.70. The van der Waals surface area contributed by atoms with Crippen molar-refractivity contribution in [2.75, 3.05) is 0 Å². The molecule has 0 saturated carbocycles. The summed E-state index contributed by atoms with van der Waals surface area (Å²) in [6.07, 6.45) is 8.84. The second-order valence-electron chi connectivity index (χ2n) is 2.75. The Balaban J connectivity index is 2.36. The third kappa shape index (κ3) is 3.38. The molecule has 12 heavy (non-hydrogen) atoms. The summed E-state index contributed by atoms with van der Waals surface area (Å²) in [5, 5.41) is 0. The molecule has 1 aromatic rings. The van der Waals surface area contributed by atoms with Crippen LogP contribution < -0.4 is 0 Å². The van der Waals surface area contributed by atoms with E-state index in [0.717, 1.165) is 12.8 Å². The molecule has 0 N–H and O–H groups in total. The number of benzene rings is 1. The Hall–Kier alpha value is -1.04. The number of rotatable bonds is 4. The number of hydrogen-bond donors (Lipinski definition) is 0. The predicted octanol–water partition coefficient (Wildman–Crippen LogP) is 3.70. The SMILES string of the molecule is CC[CH]C/C=C/c1ccccc1. The summed E-state index contributed by atoms with van der Waals surface area (Å²) in [6.45, 7) is 2.16. The maximum Gasteiger partial charge on any atom is -0.0260 e. The molecule has 0 aromatic heterocycles. The van der Waals surface area contributed by atoms with Gasteiger partial charge in [0.1, 0.15) is 0 Å². The second kappa shape index (κ2) is 5.59. The van der Waals surface area contributed by atoms with E-state index in [2.05, 4.69) is 49.8 Å². The van der Waals surface area contributed by atoms with Crippen LogP contribution >= 0.6 is 0 Å². The van der Waals surface area contributed by atoms with Gasteiger partial charge in [-0.15, -0.1) is 0 Å². The zero-order valence-corrected chi connectivity index (χ0v) is 7.53. The van der Waals surface area contributed by atoms with Crippen LogP contribution in [0.2, 0.25) is 0 Å². The Kier molecular flexibility index (Phi) is 4.22. The zero-order valence-electron chi connectivity index (χ0n) is 7.53. The molecule has 0 nitrogen and oxygen atoms in total. The summed E-state index contributed by atoms with van der Waals surface area (Å²) in [6, 6.07) is 10.4. The third-order valence-corrected chi connectivity index (χ3v) is 1.70. The first kappa shape index (κ1) is 9.05. The van der Waals surface area contributed by atoms with Gasteiger partial charge in [-0.3, -0.25) is 0 Å². The monoisotopic (exact) mass is 159 g/mol. The third-order valence-electron chi connectivity index (χ3n) is 1.70. The van der Waals surface area contributed by atoms with Crippen LogP contribution in [0.4, 0.5) is 0 Å². The molecule has 63 valence electrons. The van der Waals surface area contributed by atoms with Gasteiger partial charge in [-0.25, -0.2) is 0 Å². The van der Waals surface area contributed by atoms with Gasteiger partial charge in [-0.1, -0.05) is 55.8 Å². The van der Waals surface area contributed by atoms with Gasteiger partial charge in [-0.2, -0.15) is 0 Å². The zero-order chi connectivity index (χ0) is 8.65. The van der Waals surface area contributed by atoms with Gasteiger partial charge in [0.05, 0.1) is 0 Å². The van der Waals surface area contributed by atoms with E-state index in [1.165, 1.54) is 5.56 Å². The highest BCUT2D eigenvalue weighted by atomic mass is 13.9. The molecule has 0 atom stereocenters. The smallest absolute Gasteiger partial charge is 0.0260 e. The van der Waals surface area contributed by atoms with E-state index in [9.17, 15) is 0 Å². The average Bonchev–Trinajstić information content (AvgIpc) is 2.14. The molecule has 0 fully saturated rings. The van der Waals surface area contributed by atoms with E-state index in [1.54, 1.807) is 0 Å². The van der Waals surface area contributed by atoms with Crippen LogP contribution in [0.15, 0.2) is 36.4 Å². The van der Waals surface area contributed by atoms with Gasteiger partial charge in [0.25, 0.3) is 0 Å². The molecule has 0 spiro atoms. The fourth-order valence-electron chi connectivity index (χ4n) is 1.03. The predicted molar refractivity (Wildman–Crippen MR) is 54.7 cm³/mol. The van der Waals surface area contributed by atoms with Crippen molar-refractivity contribution in [2.24, 2.45) is 0 Å². The van der Waals surface area contributed by atoms with Gasteiger partial charge in [0.15, 0.2) is 0 Å². The Morgan fingerprint density at radius 1 is 1.17 bits per heavy atom. The molecule has 0 amide bonds. The maximum absolute atomic E-state index is 2.26. The molecule has 0 heteroatoms. The summed E-state index contributed by atoms with van der Waals surface area (Å²) in [5.41, 5.74) is 1.28. The number of unbranched alkanes of at least 4 members (excludes halogenated alkanes) is 2. The van der Waals surface area contributed by atoms with E-state index in [-0.39, 0.29) is 0 Å². The van der Waals surface area contributed by atoms with E-state index in [1.807, 2.05) is 6.07 Å². The average molecular weight is 159 g/mol. The minimum absolute atomic E-state index is 1.07. The van der Waals surface area contributed by atoms with E-state index in [4.69, 9.17) is 0 Å². The maximum atomic E-state index is 2.26. The van der Waals surface area contributed by atoms with Crippen molar-refractivity contribution < 1.29 is 0 Å². The summed E-state index contributed by atoms with van der Waals surface area (Å²) >= 11 is 0. The molecule has 0 heterocycles. The summed E-state index contributed by atoms with van der Waals surface area (Å²) in [5.74, 6) is 0. The first-order valence-corrected chi connectivity index (χ1v) is 4.46. The molecule has 0 unspecified atom stereocenters. The van der Waals surface area contributed by atoms with Crippen molar-refractivity contribution in [2.45, 2.75) is 19.8 Å². The van der Waals surface area contributed by atoms with Crippen LogP contribution in [0.3, 0.4) is 0 Å². The highest BCUT2D eigenvalue weighted by Gasteiger charge is 1.82. The highest BCUT2D eigenvalue weighted by molar-refractivity contribution is 5.48. The van der Waals surface area contributed by atoms with Crippen molar-refractivity contribution in [1.82, 2.24) is 0 Å². The number of allylic oxidation sites excluding steroid dienone is 1. The molecule has 0 aliphatic carbocycles. The van der Waals surface area contributed by atoms with Crippen molar-refractivity contribution in [3.8, 4) is 0 Å². The molecule has 0 aliphatic heterocycles. The van der Waals surface area contributed by atoms with Crippen LogP contribution in [0, 0.1) is 6.42 Å². The molecular formula is C12H15. The van der Waals surface area contributed by atoms with Crippen LogP contribution in [0.25, 0.3) is 6.08 Å². The molecule has 0 aliphatic rings. The number of hydrogen-bond acceptors (Lipinski definition) is 0. The van der Waals surface area contributed by atoms with Gasteiger partial charge < -0.3 is 0 Å². The highest BCUT2D eigenvalue weighted by Crippen LogP contribution is 2.03. The molecule has 0 bridgehead atoms. The van der Waals surface area contributed by atoms with Gasteiger partial charge in [0.2, 0.25) is 0 Å². The standard InChI is InChI=1S/C12H15/c1-2-3-4-6-9-12-10-7-5-8-11-12/h3,5-11H,2,4H2,1H3/b9-6+. The quantitative estimate of drug-likeness (QED) is 0.587. The largest absolute Gasteiger partial charge is 0.0837 e. The van der Waals surface area contributed by atoms with E-state index >= 15 is 0 Å². The molecule has 0 saturated heterocycles. The van der Waals surface area contributed by atoms with Crippen molar-refractivity contribution in [3.05, 3.63) is 48.4 Å². The fourth-order valence-corrected chi connectivity index (χ4v) is 1.03. The van der Waals surface area contributed by atoms with Crippen LogP contribution in [0.1, 0.15) is 25.3 Å². The molecular weight excluding hydrogens is 144 g/mol. The summed E-state index contributed by atoms with van der Waals surface area (Å²) in [4.78, 5) is 0. The molecule has 1 aromatic carbocycles. The van der Waals surface area contributed by atoms with E-state index < -0.39 is 0 Å². The van der Waals surface area contributed by atoms with Crippen LogP contribution in [-0.2, 0) is 0 Å². The Labute approximate surface area is 74.9 Å². The molecule has 1 rings (SSSR count). The first-order chi connectivity index (χ1) is 5.93. The minimum atomic E-state index is 1.07. The van der Waals surface area contributed by atoms with Gasteiger partial charge >= 0.3 is 0 Å². The lowest BCUT2D eigenvalue weighted by atomic mass is 10.2. The molecule has 1 radical (unpaired) electrons. The van der Waals surface area contributed by atoms with Crippen LogP contribution in [0.5, 0.6) is 0 Å².